The first-order valence-electron chi connectivity index (χ1n) is 6.31. The van der Waals surface area contributed by atoms with Gasteiger partial charge in [-0.15, -0.1) is 0 Å². The van der Waals surface area contributed by atoms with Crippen molar-refractivity contribution in [3.05, 3.63) is 55.9 Å². The number of aromatic hydroxyl groups is 1. The summed E-state index contributed by atoms with van der Waals surface area (Å²) < 4.78 is 1.56. The molecule has 0 spiro atoms. The molecule has 0 fully saturated rings. The Labute approximate surface area is 130 Å². The van der Waals surface area contributed by atoms with Crippen molar-refractivity contribution >= 4 is 21.8 Å². The maximum Gasteiger partial charge on any atom is 0.273 e. The van der Waals surface area contributed by atoms with Crippen LogP contribution in [0.4, 0.5) is 0 Å². The number of carbonyl (C=O) groups excluding carboxylic acids is 1. The Morgan fingerprint density at radius 1 is 1.29 bits per heavy atom. The summed E-state index contributed by atoms with van der Waals surface area (Å²) in [5, 5.41) is 12.2. The molecule has 0 atom stereocenters. The lowest BCUT2D eigenvalue weighted by atomic mass is 10.1. The topological polar surface area (TPSA) is 71.3 Å². The van der Waals surface area contributed by atoms with Crippen LogP contribution in [0.3, 0.4) is 0 Å². The zero-order valence-electron chi connectivity index (χ0n) is 11.9. The highest BCUT2D eigenvalue weighted by Crippen LogP contribution is 2.24. The Hall–Kier alpha value is -2.08. The van der Waals surface area contributed by atoms with Crippen molar-refractivity contribution in [1.82, 2.24) is 9.88 Å². The minimum absolute atomic E-state index is 0.0952. The number of pyridine rings is 1. The molecule has 6 heteroatoms. The third-order valence-corrected chi connectivity index (χ3v) is 4.00. The van der Waals surface area contributed by atoms with Gasteiger partial charge in [0.25, 0.3) is 11.5 Å². The highest BCUT2D eigenvalue weighted by atomic mass is 79.9. The fourth-order valence-electron chi connectivity index (χ4n) is 2.13. The van der Waals surface area contributed by atoms with E-state index in [4.69, 9.17) is 0 Å². The van der Waals surface area contributed by atoms with Crippen LogP contribution in [0.2, 0.25) is 0 Å². The summed E-state index contributed by atoms with van der Waals surface area (Å²) in [6.45, 7) is 3.58. The van der Waals surface area contributed by atoms with Crippen molar-refractivity contribution in [2.45, 2.75) is 13.8 Å². The summed E-state index contributed by atoms with van der Waals surface area (Å²) in [6, 6.07) is 6.64. The van der Waals surface area contributed by atoms with Gasteiger partial charge in [0.05, 0.1) is 5.69 Å². The monoisotopic (exact) mass is 350 g/mol. The fraction of sp³-hybridized carbons (Fsp3) is 0.200. The highest BCUT2D eigenvalue weighted by molar-refractivity contribution is 9.10. The van der Waals surface area contributed by atoms with E-state index < -0.39 is 0 Å². The number of carbonyl (C=O) groups is 1. The maximum absolute atomic E-state index is 12.4. The van der Waals surface area contributed by atoms with Crippen LogP contribution in [0.5, 0.6) is 5.75 Å². The molecule has 0 unspecified atom stereocenters. The average molecular weight is 351 g/mol. The Morgan fingerprint density at radius 2 is 1.95 bits per heavy atom. The van der Waals surface area contributed by atoms with Crippen LogP contribution in [-0.2, 0) is 0 Å². The van der Waals surface area contributed by atoms with Crippen LogP contribution in [0.25, 0.3) is 5.69 Å². The number of nitrogens with one attached hydrogen (secondary N) is 1. The first kappa shape index (κ1) is 15.3. The van der Waals surface area contributed by atoms with Gasteiger partial charge in [-0.2, -0.15) is 0 Å². The molecule has 0 aliphatic heterocycles. The molecule has 2 N–H and O–H groups in total. The van der Waals surface area contributed by atoms with Crippen molar-refractivity contribution in [1.29, 1.82) is 0 Å². The van der Waals surface area contributed by atoms with Crippen molar-refractivity contribution < 1.29 is 9.90 Å². The van der Waals surface area contributed by atoms with Gasteiger partial charge in [0.1, 0.15) is 10.2 Å². The van der Waals surface area contributed by atoms with E-state index in [1.54, 1.807) is 32.2 Å². The average Bonchev–Trinajstić information content (AvgIpc) is 2.46. The predicted octanol–water partition coefficient (Wildman–Crippen LogP) is 2.28. The summed E-state index contributed by atoms with van der Waals surface area (Å²) in [4.78, 5) is 24.1. The van der Waals surface area contributed by atoms with Gasteiger partial charge in [-0.05, 0) is 47.5 Å². The van der Waals surface area contributed by atoms with Gasteiger partial charge in [0.15, 0.2) is 0 Å². The van der Waals surface area contributed by atoms with E-state index in [0.717, 1.165) is 5.56 Å². The molecule has 1 amide bonds. The summed E-state index contributed by atoms with van der Waals surface area (Å²) >= 11 is 3.08. The van der Waals surface area contributed by atoms with E-state index in [9.17, 15) is 14.7 Å². The van der Waals surface area contributed by atoms with E-state index in [2.05, 4.69) is 21.2 Å². The number of hydrogen-bond acceptors (Lipinski definition) is 3. The minimum Gasteiger partial charge on any atom is -0.506 e. The molecule has 1 aromatic heterocycles. The van der Waals surface area contributed by atoms with E-state index in [1.165, 1.54) is 10.6 Å². The smallest absolute Gasteiger partial charge is 0.273 e. The molecule has 0 aliphatic carbocycles. The van der Waals surface area contributed by atoms with E-state index in [1.807, 2.05) is 6.92 Å². The van der Waals surface area contributed by atoms with Gasteiger partial charge in [-0.25, -0.2) is 0 Å². The second-order valence-electron chi connectivity index (χ2n) is 4.71. The number of aromatic nitrogens is 1. The van der Waals surface area contributed by atoms with Crippen LogP contribution in [-0.4, -0.2) is 22.6 Å². The molecular formula is C15H15BrN2O3. The van der Waals surface area contributed by atoms with Crippen LogP contribution in [0.15, 0.2) is 33.5 Å². The first-order chi connectivity index (χ1) is 9.86. The standard InChI is InChI=1S/C15H15BrN2O3/c1-8-4-5-10(14(20)17-3)7-11(8)18-9(2)6-12(19)13(16)15(18)21/h4-7,19H,1-3H3,(H,17,20). The zero-order chi connectivity index (χ0) is 15.7. The van der Waals surface area contributed by atoms with Gasteiger partial charge < -0.3 is 10.4 Å². The molecule has 0 radical (unpaired) electrons. The van der Waals surface area contributed by atoms with Crippen molar-refractivity contribution in [3.8, 4) is 11.4 Å². The zero-order valence-corrected chi connectivity index (χ0v) is 13.5. The number of nitrogens with zero attached hydrogens (tertiary/aromatic N) is 1. The SMILES string of the molecule is CNC(=O)c1ccc(C)c(-n2c(C)cc(O)c(Br)c2=O)c1. The molecular weight excluding hydrogens is 336 g/mol. The lowest BCUT2D eigenvalue weighted by Crippen LogP contribution is -2.23. The number of hydrogen-bond donors (Lipinski definition) is 2. The Morgan fingerprint density at radius 3 is 2.57 bits per heavy atom. The first-order valence-corrected chi connectivity index (χ1v) is 7.10. The van der Waals surface area contributed by atoms with Gasteiger partial charge >= 0.3 is 0 Å². The quantitative estimate of drug-likeness (QED) is 0.872. The normalized spacial score (nSPS) is 10.5. The Kier molecular flexibility index (Phi) is 4.18. The molecule has 1 heterocycles. The van der Waals surface area contributed by atoms with Gasteiger partial charge in [0, 0.05) is 24.4 Å². The Balaban J connectivity index is 2.76. The fourth-order valence-corrected chi connectivity index (χ4v) is 2.42. The summed E-state index contributed by atoms with van der Waals surface area (Å²) in [6.07, 6.45) is 0. The predicted molar refractivity (Wildman–Crippen MR) is 84.3 cm³/mol. The van der Waals surface area contributed by atoms with E-state index in [-0.39, 0.29) is 21.7 Å². The summed E-state index contributed by atoms with van der Waals surface area (Å²) in [5.74, 6) is -0.325. The van der Waals surface area contributed by atoms with Gasteiger partial charge in [0.2, 0.25) is 0 Å². The molecule has 1 aromatic carbocycles. The Bertz CT molecular complexity index is 781. The lowest BCUT2D eigenvalue weighted by molar-refractivity contribution is 0.0963. The molecule has 2 aromatic rings. The number of rotatable bonds is 2. The van der Waals surface area contributed by atoms with Crippen molar-refractivity contribution in [2.24, 2.45) is 0 Å². The molecule has 0 saturated heterocycles. The van der Waals surface area contributed by atoms with Crippen LogP contribution in [0, 0.1) is 13.8 Å². The van der Waals surface area contributed by atoms with Crippen molar-refractivity contribution in [2.75, 3.05) is 7.05 Å². The van der Waals surface area contributed by atoms with E-state index in [0.29, 0.717) is 16.9 Å². The van der Waals surface area contributed by atoms with Crippen LogP contribution >= 0.6 is 15.9 Å². The molecule has 0 saturated carbocycles. The van der Waals surface area contributed by atoms with Crippen LogP contribution in [0.1, 0.15) is 21.6 Å². The van der Waals surface area contributed by atoms with E-state index >= 15 is 0 Å². The second kappa shape index (κ2) is 5.73. The molecule has 2 rings (SSSR count). The number of benzene rings is 1. The molecule has 0 bridgehead atoms. The molecule has 5 nitrogen and oxygen atoms in total. The summed E-state index contributed by atoms with van der Waals surface area (Å²) in [5.41, 5.74) is 2.14. The van der Waals surface area contributed by atoms with Gasteiger partial charge in [-0.1, -0.05) is 6.07 Å². The molecule has 21 heavy (non-hydrogen) atoms. The highest BCUT2D eigenvalue weighted by Gasteiger charge is 2.14. The largest absolute Gasteiger partial charge is 0.506 e. The number of aryl methyl sites for hydroxylation is 2. The maximum atomic E-state index is 12.4. The molecule has 110 valence electrons. The van der Waals surface area contributed by atoms with Gasteiger partial charge in [-0.3, -0.25) is 14.2 Å². The molecule has 0 aliphatic rings. The third-order valence-electron chi connectivity index (χ3n) is 3.25. The summed E-state index contributed by atoms with van der Waals surface area (Å²) in [7, 11) is 1.55. The number of halogens is 1. The van der Waals surface area contributed by atoms with Crippen LogP contribution < -0.4 is 10.9 Å². The lowest BCUT2D eigenvalue weighted by Gasteiger charge is -2.15. The van der Waals surface area contributed by atoms with Crippen molar-refractivity contribution in [3.63, 3.8) is 0 Å². The third kappa shape index (κ3) is 2.71. The number of amides is 1. The minimum atomic E-state index is -0.371. The second-order valence-corrected chi connectivity index (χ2v) is 5.50.